The third kappa shape index (κ3) is 5.45. The number of hydrogen-bond acceptors (Lipinski definition) is 3. The molecule has 28 heavy (non-hydrogen) atoms. The first kappa shape index (κ1) is 20.6. The fraction of sp³-hybridized carbons (Fsp3) is 0.480. The topological polar surface area (TPSA) is 30.8 Å². The predicted molar refractivity (Wildman–Crippen MR) is 117 cm³/mol. The molecule has 1 aliphatic rings. The number of hydrogen-bond donors (Lipinski definition) is 0. The monoisotopic (exact) mass is 379 g/mol. The van der Waals surface area contributed by atoms with Crippen LogP contribution in [-0.4, -0.2) is 31.1 Å². The maximum atomic E-state index is 6.01. The second kappa shape index (κ2) is 8.91. The molecule has 1 heterocycles. The van der Waals surface area contributed by atoms with Crippen molar-refractivity contribution in [1.29, 1.82) is 0 Å². The van der Waals surface area contributed by atoms with E-state index in [2.05, 4.69) is 56.3 Å². The molecule has 0 radical (unpaired) electrons. The molecule has 2 aromatic carbocycles. The molecule has 1 saturated heterocycles. The summed E-state index contributed by atoms with van der Waals surface area (Å²) in [5.41, 5.74) is 2.56. The van der Waals surface area contributed by atoms with Crippen molar-refractivity contribution in [1.82, 2.24) is 0 Å². The third-order valence-corrected chi connectivity index (χ3v) is 5.44. The van der Waals surface area contributed by atoms with Crippen molar-refractivity contribution < 1.29 is 9.47 Å². The number of rotatable bonds is 7. The van der Waals surface area contributed by atoms with Crippen molar-refractivity contribution in [3.05, 3.63) is 65.7 Å². The van der Waals surface area contributed by atoms with Crippen LogP contribution in [0.25, 0.3) is 0 Å². The van der Waals surface area contributed by atoms with E-state index >= 15 is 0 Å². The molecule has 3 nitrogen and oxygen atoms in total. The normalized spacial score (nSPS) is 21.9. The third-order valence-electron chi connectivity index (χ3n) is 5.44. The molecular formula is C25H33NO2. The number of benzene rings is 2. The second-order valence-electron chi connectivity index (χ2n) is 8.70. The maximum absolute atomic E-state index is 6.01. The van der Waals surface area contributed by atoms with E-state index in [1.54, 1.807) is 0 Å². The van der Waals surface area contributed by atoms with E-state index in [9.17, 15) is 0 Å². The molecule has 3 rings (SSSR count). The van der Waals surface area contributed by atoms with Gasteiger partial charge in [0.05, 0.1) is 11.7 Å². The molecular weight excluding hydrogens is 346 g/mol. The molecule has 0 bridgehead atoms. The van der Waals surface area contributed by atoms with E-state index in [1.807, 2.05) is 32.2 Å². The maximum Gasteiger partial charge on any atom is 0.119 e. The van der Waals surface area contributed by atoms with Gasteiger partial charge in [-0.3, -0.25) is 4.99 Å². The fourth-order valence-corrected chi connectivity index (χ4v) is 4.23. The highest BCUT2D eigenvalue weighted by molar-refractivity contribution is 5.79. The predicted octanol–water partition coefficient (Wildman–Crippen LogP) is 5.81. The lowest BCUT2D eigenvalue weighted by Gasteiger charge is -2.45. The van der Waals surface area contributed by atoms with Crippen LogP contribution in [0.5, 0.6) is 5.75 Å². The lowest BCUT2D eigenvalue weighted by atomic mass is 9.67. The van der Waals surface area contributed by atoms with Crippen molar-refractivity contribution >= 4 is 6.21 Å². The van der Waals surface area contributed by atoms with Crippen LogP contribution in [0, 0.1) is 0 Å². The minimum atomic E-state index is -0.0932. The zero-order valence-electron chi connectivity index (χ0n) is 17.7. The van der Waals surface area contributed by atoms with Gasteiger partial charge in [0.15, 0.2) is 0 Å². The summed E-state index contributed by atoms with van der Waals surface area (Å²) in [6.07, 6.45) is 5.28. The van der Waals surface area contributed by atoms with Crippen LogP contribution in [0.15, 0.2) is 59.6 Å². The van der Waals surface area contributed by atoms with E-state index in [-0.39, 0.29) is 17.1 Å². The van der Waals surface area contributed by atoms with Gasteiger partial charge >= 0.3 is 0 Å². The molecule has 0 spiro atoms. The van der Waals surface area contributed by atoms with Crippen molar-refractivity contribution in [2.24, 2.45) is 4.99 Å². The first-order valence-corrected chi connectivity index (χ1v) is 10.3. The quantitative estimate of drug-likeness (QED) is 0.568. The summed E-state index contributed by atoms with van der Waals surface area (Å²) in [6.45, 7) is 10.1. The van der Waals surface area contributed by atoms with Gasteiger partial charge in [-0.15, -0.1) is 0 Å². The Morgan fingerprint density at radius 2 is 1.79 bits per heavy atom. The summed E-state index contributed by atoms with van der Waals surface area (Å²) in [5.74, 6) is 0.902. The Morgan fingerprint density at radius 1 is 1.07 bits per heavy atom. The van der Waals surface area contributed by atoms with Crippen LogP contribution in [-0.2, 0) is 10.2 Å². The Labute approximate surface area is 169 Å². The van der Waals surface area contributed by atoms with Crippen LogP contribution in [0.2, 0.25) is 0 Å². The Balaban J connectivity index is 1.66. The van der Waals surface area contributed by atoms with Gasteiger partial charge in [-0.2, -0.15) is 0 Å². The highest BCUT2D eigenvalue weighted by Gasteiger charge is 2.41. The van der Waals surface area contributed by atoms with E-state index in [0.717, 1.165) is 43.7 Å². The lowest BCUT2D eigenvalue weighted by Crippen LogP contribution is -2.44. The molecule has 0 unspecified atom stereocenters. The minimum Gasteiger partial charge on any atom is -0.491 e. The van der Waals surface area contributed by atoms with Crippen LogP contribution in [0.3, 0.4) is 0 Å². The smallest absolute Gasteiger partial charge is 0.119 e. The highest BCUT2D eigenvalue weighted by Crippen LogP contribution is 2.43. The Hall–Kier alpha value is -2.13. The SMILES string of the molecule is CC(C)Oc1ccc(C=NCC[C@@]2(c3ccccc3)CCOC(C)(C)C2)cc1. The molecule has 0 aromatic heterocycles. The van der Waals surface area contributed by atoms with Gasteiger partial charge < -0.3 is 9.47 Å². The summed E-state index contributed by atoms with van der Waals surface area (Å²) in [7, 11) is 0. The van der Waals surface area contributed by atoms with Crippen LogP contribution in [0.4, 0.5) is 0 Å². The second-order valence-corrected chi connectivity index (χ2v) is 8.70. The molecule has 0 N–H and O–H groups in total. The lowest BCUT2D eigenvalue weighted by molar-refractivity contribution is -0.0836. The van der Waals surface area contributed by atoms with Crippen molar-refractivity contribution in [3.63, 3.8) is 0 Å². The van der Waals surface area contributed by atoms with Crippen molar-refractivity contribution in [2.45, 2.75) is 64.1 Å². The van der Waals surface area contributed by atoms with Crippen LogP contribution in [0.1, 0.15) is 58.1 Å². The van der Waals surface area contributed by atoms with E-state index in [0.29, 0.717) is 0 Å². The molecule has 0 aliphatic carbocycles. The molecule has 0 amide bonds. The summed E-state index contributed by atoms with van der Waals surface area (Å²) >= 11 is 0. The van der Waals surface area contributed by atoms with Crippen LogP contribution >= 0.6 is 0 Å². The summed E-state index contributed by atoms with van der Waals surface area (Å²) in [6, 6.07) is 19.0. The zero-order valence-corrected chi connectivity index (χ0v) is 17.7. The van der Waals surface area contributed by atoms with Gasteiger partial charge in [-0.25, -0.2) is 0 Å². The highest BCUT2D eigenvalue weighted by atomic mass is 16.5. The van der Waals surface area contributed by atoms with E-state index < -0.39 is 0 Å². The Morgan fingerprint density at radius 3 is 2.43 bits per heavy atom. The van der Waals surface area contributed by atoms with Gasteiger partial charge in [0, 0.05) is 24.8 Å². The molecule has 1 aliphatic heterocycles. The molecule has 2 aromatic rings. The van der Waals surface area contributed by atoms with Crippen molar-refractivity contribution in [3.8, 4) is 5.75 Å². The summed E-state index contributed by atoms with van der Waals surface area (Å²) in [4.78, 5) is 4.74. The largest absolute Gasteiger partial charge is 0.491 e. The van der Waals surface area contributed by atoms with Gasteiger partial charge in [-0.1, -0.05) is 30.3 Å². The number of ether oxygens (including phenoxy) is 2. The van der Waals surface area contributed by atoms with Gasteiger partial charge in [0.1, 0.15) is 5.75 Å². The molecule has 1 atom stereocenters. The number of nitrogens with zero attached hydrogens (tertiary/aromatic N) is 1. The van der Waals surface area contributed by atoms with E-state index in [4.69, 9.17) is 14.5 Å². The molecule has 150 valence electrons. The molecule has 1 fully saturated rings. The first-order valence-electron chi connectivity index (χ1n) is 10.3. The minimum absolute atomic E-state index is 0.0932. The van der Waals surface area contributed by atoms with Gasteiger partial charge in [0.25, 0.3) is 0 Å². The van der Waals surface area contributed by atoms with Crippen molar-refractivity contribution in [2.75, 3.05) is 13.2 Å². The average molecular weight is 380 g/mol. The Kier molecular flexibility index (Phi) is 6.56. The van der Waals surface area contributed by atoms with Crippen LogP contribution < -0.4 is 4.74 Å². The fourth-order valence-electron chi connectivity index (χ4n) is 4.23. The first-order chi connectivity index (χ1) is 13.4. The summed E-state index contributed by atoms with van der Waals surface area (Å²) in [5, 5.41) is 0. The average Bonchev–Trinajstić information content (AvgIpc) is 2.66. The summed E-state index contributed by atoms with van der Waals surface area (Å²) < 4.78 is 11.7. The molecule has 3 heteroatoms. The standard InChI is InChI=1S/C25H33NO2/c1-20(2)28-23-12-10-21(11-13-23)18-26-16-14-25(22-8-6-5-7-9-22)15-17-27-24(3,4)19-25/h5-13,18,20H,14-17,19H2,1-4H3/t25-/m1/s1. The van der Waals surface area contributed by atoms with Gasteiger partial charge in [-0.05, 0) is 82.3 Å². The molecule has 0 saturated carbocycles. The van der Waals surface area contributed by atoms with Gasteiger partial charge in [0.2, 0.25) is 0 Å². The Bertz CT molecular complexity index is 765. The zero-order chi connectivity index (χ0) is 20.0. The van der Waals surface area contributed by atoms with E-state index in [1.165, 1.54) is 5.56 Å². The number of aliphatic imine (C=N–C) groups is 1.